The number of imidazole rings is 1. The molecule has 3 aromatic carbocycles. The molecule has 43 heavy (non-hydrogen) atoms. The first-order valence-corrected chi connectivity index (χ1v) is 14.6. The molecule has 1 atom stereocenters. The molecule has 1 fully saturated rings. The number of aromatic nitrogens is 6. The van der Waals surface area contributed by atoms with E-state index in [9.17, 15) is 9.59 Å². The number of anilines is 1. The third kappa shape index (κ3) is 6.46. The van der Waals surface area contributed by atoms with Gasteiger partial charge in [-0.2, -0.15) is 5.21 Å². The van der Waals surface area contributed by atoms with Crippen molar-refractivity contribution in [2.75, 3.05) is 11.9 Å². The van der Waals surface area contributed by atoms with Crippen molar-refractivity contribution in [2.24, 2.45) is 17.6 Å². The third-order valence-corrected chi connectivity index (χ3v) is 8.41. The van der Waals surface area contributed by atoms with E-state index in [4.69, 9.17) is 5.73 Å². The van der Waals surface area contributed by atoms with Crippen LogP contribution in [0.1, 0.15) is 36.8 Å². The van der Waals surface area contributed by atoms with Crippen LogP contribution in [0.3, 0.4) is 0 Å². The van der Waals surface area contributed by atoms with Crippen molar-refractivity contribution in [3.05, 3.63) is 78.1 Å². The van der Waals surface area contributed by atoms with Gasteiger partial charge in [-0.3, -0.25) is 9.59 Å². The number of nitrogens with one attached hydrogen (secondary N) is 4. The van der Waals surface area contributed by atoms with Gasteiger partial charge in [0.25, 0.3) is 0 Å². The predicted molar refractivity (Wildman–Crippen MR) is 165 cm³/mol. The van der Waals surface area contributed by atoms with Crippen LogP contribution in [-0.2, 0) is 16.0 Å². The molecule has 11 heteroatoms. The molecule has 220 valence electrons. The van der Waals surface area contributed by atoms with E-state index in [1.807, 2.05) is 24.3 Å². The zero-order chi connectivity index (χ0) is 29.8. The Hall–Kier alpha value is -4.90. The van der Waals surface area contributed by atoms with E-state index in [0.717, 1.165) is 64.5 Å². The summed E-state index contributed by atoms with van der Waals surface area (Å²) in [5.41, 5.74) is 13.4. The summed E-state index contributed by atoms with van der Waals surface area (Å²) in [6.07, 6.45) is 5.49. The Kier molecular flexibility index (Phi) is 8.23. The largest absolute Gasteiger partial charge is 0.345 e. The predicted octanol–water partition coefficient (Wildman–Crippen LogP) is 4.15. The first-order chi connectivity index (χ1) is 21.0. The summed E-state index contributed by atoms with van der Waals surface area (Å²) in [5, 5.41) is 20.0. The number of hydrogen-bond acceptors (Lipinski definition) is 7. The Morgan fingerprint density at radius 1 is 1.00 bits per heavy atom. The third-order valence-electron chi connectivity index (χ3n) is 8.41. The number of aryl methyl sites for hydroxylation is 1. The van der Waals surface area contributed by atoms with Crippen LogP contribution >= 0.6 is 0 Å². The lowest BCUT2D eigenvalue weighted by atomic mass is 9.81. The van der Waals surface area contributed by atoms with E-state index in [0.29, 0.717) is 30.4 Å². The fraction of sp³-hybridized carbons (Fsp3) is 0.312. The number of carbonyl (C=O) groups excluding carboxylic acids is 2. The highest BCUT2D eigenvalue weighted by atomic mass is 16.2. The van der Waals surface area contributed by atoms with E-state index in [1.165, 1.54) is 0 Å². The average molecular weight is 578 g/mol. The highest BCUT2D eigenvalue weighted by molar-refractivity contribution is 5.97. The van der Waals surface area contributed by atoms with Gasteiger partial charge >= 0.3 is 0 Å². The Balaban J connectivity index is 1.19. The molecule has 2 heterocycles. The second-order valence-corrected chi connectivity index (χ2v) is 11.3. The number of carbonyl (C=O) groups is 2. The van der Waals surface area contributed by atoms with Crippen molar-refractivity contribution in [2.45, 2.75) is 45.1 Å². The van der Waals surface area contributed by atoms with Gasteiger partial charge in [0, 0.05) is 23.6 Å². The maximum absolute atomic E-state index is 13.6. The number of fused-ring (bicyclic) bond motifs is 1. The zero-order valence-corrected chi connectivity index (χ0v) is 24.0. The van der Waals surface area contributed by atoms with E-state index in [-0.39, 0.29) is 17.7 Å². The number of hydrogen-bond donors (Lipinski definition) is 5. The van der Waals surface area contributed by atoms with Crippen LogP contribution in [0.25, 0.3) is 33.5 Å². The van der Waals surface area contributed by atoms with Gasteiger partial charge in [-0.15, -0.1) is 10.2 Å². The van der Waals surface area contributed by atoms with Crippen molar-refractivity contribution >= 4 is 28.5 Å². The van der Waals surface area contributed by atoms with Gasteiger partial charge in [-0.05, 0) is 109 Å². The summed E-state index contributed by atoms with van der Waals surface area (Å²) >= 11 is 0. The number of H-pyrrole nitrogens is 2. The molecule has 0 radical (unpaired) electrons. The maximum atomic E-state index is 13.6. The van der Waals surface area contributed by atoms with Gasteiger partial charge in [-0.25, -0.2) is 4.98 Å². The molecule has 1 saturated carbocycles. The molecule has 0 saturated heterocycles. The highest BCUT2D eigenvalue weighted by Crippen LogP contribution is 2.29. The topological polar surface area (TPSA) is 167 Å². The lowest BCUT2D eigenvalue weighted by Crippen LogP contribution is -2.48. The average Bonchev–Trinajstić information content (AvgIpc) is 3.74. The minimum absolute atomic E-state index is 0.0809. The number of aromatic amines is 2. The number of tetrazole rings is 1. The molecular formula is C32H35N9O2. The van der Waals surface area contributed by atoms with Crippen LogP contribution in [0.4, 0.5) is 5.69 Å². The normalized spacial score (nSPS) is 17.4. The van der Waals surface area contributed by atoms with Crippen molar-refractivity contribution in [3.8, 4) is 22.5 Å². The van der Waals surface area contributed by atoms with Crippen LogP contribution in [0, 0.1) is 18.8 Å². The van der Waals surface area contributed by atoms with Crippen molar-refractivity contribution < 1.29 is 9.59 Å². The van der Waals surface area contributed by atoms with Gasteiger partial charge in [0.1, 0.15) is 6.04 Å². The second kappa shape index (κ2) is 12.5. The number of benzene rings is 3. The monoisotopic (exact) mass is 577 g/mol. The van der Waals surface area contributed by atoms with Crippen molar-refractivity contribution in [1.82, 2.24) is 35.9 Å². The minimum Gasteiger partial charge on any atom is -0.345 e. The van der Waals surface area contributed by atoms with Crippen molar-refractivity contribution in [1.29, 1.82) is 0 Å². The highest BCUT2D eigenvalue weighted by Gasteiger charge is 2.29. The second-order valence-electron chi connectivity index (χ2n) is 11.3. The fourth-order valence-electron chi connectivity index (χ4n) is 5.83. The summed E-state index contributed by atoms with van der Waals surface area (Å²) < 4.78 is 0. The molecular weight excluding hydrogens is 542 g/mol. The summed E-state index contributed by atoms with van der Waals surface area (Å²) in [7, 11) is 0. The van der Waals surface area contributed by atoms with Gasteiger partial charge < -0.3 is 21.4 Å². The van der Waals surface area contributed by atoms with Gasteiger partial charge in [-0.1, -0.05) is 24.3 Å². The van der Waals surface area contributed by atoms with Crippen LogP contribution in [0.15, 0.2) is 67.0 Å². The fourth-order valence-corrected chi connectivity index (χ4v) is 5.83. The lowest BCUT2D eigenvalue weighted by Gasteiger charge is -2.28. The Labute approximate surface area is 249 Å². The van der Waals surface area contributed by atoms with E-state index in [2.05, 4.69) is 72.4 Å². The number of nitrogens with two attached hydrogens (primary N) is 1. The first kappa shape index (κ1) is 28.2. The maximum Gasteiger partial charge on any atom is 0.247 e. The smallest absolute Gasteiger partial charge is 0.247 e. The van der Waals surface area contributed by atoms with Crippen LogP contribution < -0.4 is 16.4 Å². The number of nitrogens with zero attached hydrogens (tertiary/aromatic N) is 4. The lowest BCUT2D eigenvalue weighted by molar-refractivity contribution is -0.130. The molecule has 0 bridgehead atoms. The quantitative estimate of drug-likeness (QED) is 0.175. The molecule has 1 aliphatic carbocycles. The Morgan fingerprint density at radius 3 is 2.44 bits per heavy atom. The Bertz CT molecular complexity index is 1690. The SMILES string of the molecule is Cc1cc2[nH]cnc2cc1-c1ccc(CC(NC(=O)C2CCC(CN)CC2)C(=O)Nc2ccc(-c3nn[nH]n3)cc2)cc1. The number of amides is 2. The van der Waals surface area contributed by atoms with Crippen LogP contribution in [0.2, 0.25) is 0 Å². The standard InChI is InChI=1S/C32H35N9O2/c1-19-14-27-28(35-18-34-27)16-26(19)22-6-2-20(3-7-22)15-29(37-31(42)24-8-4-21(17-33)5-9-24)32(43)36-25-12-10-23(11-13-25)30-38-40-41-39-30/h2-3,6-7,10-14,16,18,21,24,29H,4-5,8-9,15,17,33H2,1H3,(H,34,35)(H,36,43)(H,37,42)(H,38,39,40,41). The first-order valence-electron chi connectivity index (χ1n) is 14.6. The summed E-state index contributed by atoms with van der Waals surface area (Å²) in [4.78, 5) is 34.5. The molecule has 6 N–H and O–H groups in total. The summed E-state index contributed by atoms with van der Waals surface area (Å²) in [5.74, 6) is 0.460. The molecule has 2 amide bonds. The van der Waals surface area contributed by atoms with Crippen LogP contribution in [-0.4, -0.2) is 55.0 Å². The van der Waals surface area contributed by atoms with Gasteiger partial charge in [0.2, 0.25) is 17.6 Å². The molecule has 1 unspecified atom stereocenters. The van der Waals surface area contributed by atoms with Crippen LogP contribution in [0.5, 0.6) is 0 Å². The minimum atomic E-state index is -0.746. The molecule has 5 aromatic rings. The van der Waals surface area contributed by atoms with Gasteiger partial charge in [0.05, 0.1) is 17.4 Å². The summed E-state index contributed by atoms with van der Waals surface area (Å²) in [6, 6.07) is 18.8. The van der Waals surface area contributed by atoms with E-state index < -0.39 is 6.04 Å². The molecule has 1 aliphatic rings. The van der Waals surface area contributed by atoms with E-state index in [1.54, 1.807) is 18.5 Å². The van der Waals surface area contributed by atoms with E-state index >= 15 is 0 Å². The van der Waals surface area contributed by atoms with Gasteiger partial charge in [0.15, 0.2) is 0 Å². The zero-order valence-electron chi connectivity index (χ0n) is 24.0. The summed E-state index contributed by atoms with van der Waals surface area (Å²) in [6.45, 7) is 2.73. The van der Waals surface area contributed by atoms with Crippen molar-refractivity contribution in [3.63, 3.8) is 0 Å². The molecule has 11 nitrogen and oxygen atoms in total. The molecule has 6 rings (SSSR count). The number of rotatable bonds is 9. The Morgan fingerprint density at radius 2 is 1.74 bits per heavy atom. The molecule has 2 aromatic heterocycles. The molecule has 0 spiro atoms. The molecule has 0 aliphatic heterocycles.